The van der Waals surface area contributed by atoms with Gasteiger partial charge in [-0.2, -0.15) is 0 Å². The quantitative estimate of drug-likeness (QED) is 0.216. The van der Waals surface area contributed by atoms with E-state index in [9.17, 15) is 9.90 Å². The molecule has 3 aliphatic rings. The van der Waals surface area contributed by atoms with Crippen LogP contribution in [0.1, 0.15) is 67.3 Å². The van der Waals surface area contributed by atoms with Gasteiger partial charge >= 0.3 is 6.09 Å². The zero-order chi connectivity index (χ0) is 32.6. The Morgan fingerprint density at radius 3 is 2.45 bits per heavy atom. The van der Waals surface area contributed by atoms with Crippen LogP contribution >= 0.6 is 0 Å². The molecule has 0 aromatic heterocycles. The van der Waals surface area contributed by atoms with Crippen LogP contribution in [0.25, 0.3) is 11.1 Å². The summed E-state index contributed by atoms with van der Waals surface area (Å²) in [5, 5.41) is 12.4. The predicted molar refractivity (Wildman–Crippen MR) is 184 cm³/mol. The van der Waals surface area contributed by atoms with Crippen LogP contribution < -0.4 is 5.32 Å². The molecule has 5 atom stereocenters. The van der Waals surface area contributed by atoms with Gasteiger partial charge in [0.1, 0.15) is 6.61 Å². The summed E-state index contributed by atoms with van der Waals surface area (Å²) in [5.41, 5.74) is 6.11. The van der Waals surface area contributed by atoms with Crippen LogP contribution in [0.4, 0.5) is 4.79 Å². The highest BCUT2D eigenvalue weighted by Crippen LogP contribution is 2.42. The van der Waals surface area contributed by atoms with Crippen LogP contribution in [0.3, 0.4) is 0 Å². The molecule has 8 nitrogen and oxygen atoms in total. The van der Waals surface area contributed by atoms with Gasteiger partial charge in [0, 0.05) is 37.2 Å². The lowest BCUT2D eigenvalue weighted by molar-refractivity contribution is -0.276. The number of hydrogen-bond acceptors (Lipinski definition) is 7. The summed E-state index contributed by atoms with van der Waals surface area (Å²) in [5.74, 6) is 0.156. The second-order valence-corrected chi connectivity index (χ2v) is 13.2. The highest BCUT2D eigenvalue weighted by Gasteiger charge is 2.40. The Kier molecular flexibility index (Phi) is 11.4. The third-order valence-electron chi connectivity index (χ3n) is 9.92. The average Bonchev–Trinajstić information content (AvgIpc) is 3.80. The number of rotatable bonds is 12. The number of nitrogens with one attached hydrogen (secondary N) is 1. The zero-order valence-corrected chi connectivity index (χ0v) is 27.6. The Morgan fingerprint density at radius 2 is 1.70 bits per heavy atom. The van der Waals surface area contributed by atoms with E-state index in [0.717, 1.165) is 53.0 Å². The Hall–Kier alpha value is -3.53. The van der Waals surface area contributed by atoms with Gasteiger partial charge < -0.3 is 29.5 Å². The summed E-state index contributed by atoms with van der Waals surface area (Å²) in [4.78, 5) is 17.2. The number of aliphatic hydroxyl groups excluding tert-OH is 1. The standard InChI is InChI=1S/C39H49N3O5/c1-3-22-45-39(44)40-24-30-8-6-9-34(23-30)31-15-17-33(18-16-31)38-46-36(26-42-21-7-10-35(42)25-41-19-4-5-20-41)28(2)37(47-38)32-13-11-29(27-43)12-14-32/h3,6,8-9,11-18,23,28,35-38,43H,1,4-5,7,10,19-22,24-27H2,2H3,(H,40,44). The van der Waals surface area contributed by atoms with Gasteiger partial charge in [-0.15, -0.1) is 0 Å². The number of hydrogen-bond donors (Lipinski definition) is 2. The smallest absolute Gasteiger partial charge is 0.407 e. The molecule has 8 heteroatoms. The highest BCUT2D eigenvalue weighted by molar-refractivity contribution is 5.68. The number of amides is 1. The van der Waals surface area contributed by atoms with Crippen molar-refractivity contribution >= 4 is 6.09 Å². The van der Waals surface area contributed by atoms with Crippen LogP contribution in [0.15, 0.2) is 85.5 Å². The van der Waals surface area contributed by atoms with E-state index < -0.39 is 12.4 Å². The van der Waals surface area contributed by atoms with E-state index in [1.165, 1.54) is 38.8 Å². The molecule has 6 rings (SSSR count). The molecule has 0 aliphatic carbocycles. The molecule has 2 N–H and O–H groups in total. The number of likely N-dealkylation sites (tertiary alicyclic amines) is 2. The zero-order valence-electron chi connectivity index (χ0n) is 27.6. The van der Waals surface area contributed by atoms with E-state index in [2.05, 4.69) is 77.2 Å². The molecule has 3 aromatic carbocycles. The first-order valence-electron chi connectivity index (χ1n) is 17.2. The topological polar surface area (TPSA) is 83.5 Å². The lowest BCUT2D eigenvalue weighted by Crippen LogP contribution is -2.48. The summed E-state index contributed by atoms with van der Waals surface area (Å²) in [6, 6.07) is 25.3. The van der Waals surface area contributed by atoms with Gasteiger partial charge in [-0.05, 0) is 79.2 Å². The normalized spacial score (nSPS) is 25.1. The minimum Gasteiger partial charge on any atom is -0.445 e. The van der Waals surface area contributed by atoms with Gasteiger partial charge in [-0.1, -0.05) is 86.3 Å². The summed E-state index contributed by atoms with van der Waals surface area (Å²) in [6.45, 7) is 12.0. The Bertz CT molecular complexity index is 1460. The fraction of sp³-hybridized carbons (Fsp3) is 0.462. The van der Waals surface area contributed by atoms with Gasteiger partial charge in [0.05, 0.1) is 18.8 Å². The molecule has 3 aromatic rings. The van der Waals surface area contributed by atoms with Crippen molar-refractivity contribution in [3.8, 4) is 11.1 Å². The first-order chi connectivity index (χ1) is 23.0. The Labute approximate surface area is 279 Å². The third kappa shape index (κ3) is 8.50. The van der Waals surface area contributed by atoms with Crippen LogP contribution in [-0.4, -0.2) is 72.5 Å². The minimum atomic E-state index is -0.496. The molecule has 3 saturated heterocycles. The fourth-order valence-electron chi connectivity index (χ4n) is 7.22. The molecule has 250 valence electrons. The van der Waals surface area contributed by atoms with Crippen LogP contribution in [0, 0.1) is 5.92 Å². The van der Waals surface area contributed by atoms with E-state index in [0.29, 0.717) is 12.6 Å². The summed E-state index contributed by atoms with van der Waals surface area (Å²) >= 11 is 0. The second kappa shape index (κ2) is 16.0. The lowest BCUT2D eigenvalue weighted by atomic mass is 9.89. The molecule has 3 aliphatic heterocycles. The third-order valence-corrected chi connectivity index (χ3v) is 9.92. The lowest BCUT2D eigenvalue weighted by Gasteiger charge is -2.43. The van der Waals surface area contributed by atoms with E-state index in [4.69, 9.17) is 14.2 Å². The van der Waals surface area contributed by atoms with Crippen molar-refractivity contribution in [1.29, 1.82) is 0 Å². The van der Waals surface area contributed by atoms with Crippen molar-refractivity contribution in [1.82, 2.24) is 15.1 Å². The molecule has 0 radical (unpaired) electrons. The van der Waals surface area contributed by atoms with Crippen molar-refractivity contribution in [3.63, 3.8) is 0 Å². The minimum absolute atomic E-state index is 0.0116. The average molecular weight is 640 g/mol. The van der Waals surface area contributed by atoms with Crippen LogP contribution in [0.2, 0.25) is 0 Å². The van der Waals surface area contributed by atoms with Crippen molar-refractivity contribution in [2.45, 2.75) is 70.3 Å². The van der Waals surface area contributed by atoms with Crippen molar-refractivity contribution in [3.05, 3.63) is 108 Å². The van der Waals surface area contributed by atoms with E-state index in [-0.39, 0.29) is 31.3 Å². The molecular weight excluding hydrogens is 590 g/mol. The van der Waals surface area contributed by atoms with Crippen molar-refractivity contribution in [2.75, 3.05) is 39.3 Å². The molecule has 47 heavy (non-hydrogen) atoms. The summed E-state index contributed by atoms with van der Waals surface area (Å²) in [7, 11) is 0. The van der Waals surface area contributed by atoms with Gasteiger partial charge in [0.15, 0.2) is 6.29 Å². The van der Waals surface area contributed by atoms with E-state index in [1.54, 1.807) is 6.08 Å². The molecule has 5 unspecified atom stereocenters. The Morgan fingerprint density at radius 1 is 0.936 bits per heavy atom. The molecule has 0 bridgehead atoms. The monoisotopic (exact) mass is 639 g/mol. The molecule has 1 amide bonds. The van der Waals surface area contributed by atoms with E-state index >= 15 is 0 Å². The molecular formula is C39H49N3O5. The van der Waals surface area contributed by atoms with E-state index in [1.807, 2.05) is 24.3 Å². The number of benzene rings is 3. The first-order valence-corrected chi connectivity index (χ1v) is 17.2. The number of nitrogens with zero attached hydrogens (tertiary/aromatic N) is 2. The second-order valence-electron chi connectivity index (χ2n) is 13.2. The van der Waals surface area contributed by atoms with Crippen molar-refractivity contribution < 1.29 is 24.1 Å². The number of alkyl carbamates (subject to hydrolysis) is 1. The SMILES string of the molecule is C=CCOC(=O)NCc1cccc(-c2ccc(C3OC(CN4CCCC4CN4CCCC4)C(C)C(c4ccc(CO)cc4)O3)cc2)c1. The number of carbonyl (C=O) groups is 1. The number of aliphatic hydroxyl groups is 1. The molecule has 3 heterocycles. The molecule has 3 fully saturated rings. The van der Waals surface area contributed by atoms with Gasteiger partial charge in [0.25, 0.3) is 0 Å². The van der Waals surface area contributed by atoms with Gasteiger partial charge in [0.2, 0.25) is 0 Å². The largest absolute Gasteiger partial charge is 0.445 e. The fourth-order valence-corrected chi connectivity index (χ4v) is 7.22. The maximum Gasteiger partial charge on any atom is 0.407 e. The number of carbonyl (C=O) groups excluding carboxylic acids is 1. The van der Waals surface area contributed by atoms with Crippen LogP contribution in [-0.2, 0) is 27.4 Å². The maximum absolute atomic E-state index is 11.9. The van der Waals surface area contributed by atoms with Crippen LogP contribution in [0.5, 0.6) is 0 Å². The number of ether oxygens (including phenoxy) is 3. The Balaban J connectivity index is 1.18. The highest BCUT2D eigenvalue weighted by atomic mass is 16.7. The molecule has 0 spiro atoms. The molecule has 0 saturated carbocycles. The maximum atomic E-state index is 11.9. The van der Waals surface area contributed by atoms with Crippen molar-refractivity contribution in [2.24, 2.45) is 5.92 Å². The predicted octanol–water partition coefficient (Wildman–Crippen LogP) is 6.61. The first kappa shape index (κ1) is 33.4. The van der Waals surface area contributed by atoms with Gasteiger partial charge in [-0.25, -0.2) is 4.79 Å². The summed E-state index contributed by atoms with van der Waals surface area (Å²) in [6.07, 6.45) is 5.59. The summed E-state index contributed by atoms with van der Waals surface area (Å²) < 4.78 is 18.6. The van der Waals surface area contributed by atoms with Gasteiger partial charge in [-0.3, -0.25) is 4.90 Å².